The third-order valence-electron chi connectivity index (χ3n) is 7.55. The first-order valence-corrected chi connectivity index (χ1v) is 14.5. The number of nitrogens with two attached hydrogens (primary N) is 1. The number of hydrogen-bond donors (Lipinski definition) is 1. The van der Waals surface area contributed by atoms with Crippen molar-refractivity contribution < 1.29 is 22.7 Å². The number of likely N-dealkylation sites (tertiary alicyclic amines) is 1. The molecule has 2 aromatic rings. The molecule has 2 saturated heterocycles. The highest BCUT2D eigenvalue weighted by atomic mass is 32.2. The summed E-state index contributed by atoms with van der Waals surface area (Å²) >= 11 is 0. The van der Waals surface area contributed by atoms with Gasteiger partial charge < -0.3 is 14.4 Å². The van der Waals surface area contributed by atoms with Gasteiger partial charge in [0.15, 0.2) is 0 Å². The maximum absolute atomic E-state index is 13.4. The first-order chi connectivity index (χ1) is 17.3. The largest absolute Gasteiger partial charge is 0.477 e. The Bertz CT molecular complexity index is 1170. The van der Waals surface area contributed by atoms with Crippen LogP contribution in [0.25, 0.3) is 0 Å². The molecule has 2 aliphatic heterocycles. The molecule has 9 heteroatoms. The van der Waals surface area contributed by atoms with Crippen LogP contribution in [0.15, 0.2) is 41.3 Å². The van der Waals surface area contributed by atoms with Crippen molar-refractivity contribution in [1.82, 2.24) is 9.88 Å². The van der Waals surface area contributed by atoms with Crippen LogP contribution in [0.3, 0.4) is 0 Å². The van der Waals surface area contributed by atoms with Gasteiger partial charge in [-0.15, -0.1) is 0 Å². The van der Waals surface area contributed by atoms with Gasteiger partial charge >= 0.3 is 0 Å². The fourth-order valence-electron chi connectivity index (χ4n) is 5.10. The second-order valence-corrected chi connectivity index (χ2v) is 12.0. The Labute approximate surface area is 213 Å². The fourth-order valence-corrected chi connectivity index (χ4v) is 5.61. The van der Waals surface area contributed by atoms with Gasteiger partial charge in [0.2, 0.25) is 15.9 Å². The second-order valence-electron chi connectivity index (χ2n) is 10.4. The summed E-state index contributed by atoms with van der Waals surface area (Å²) in [5.41, 5.74) is 2.73. The van der Waals surface area contributed by atoms with Crippen LogP contribution < -0.4 is 9.88 Å². The summed E-state index contributed by atoms with van der Waals surface area (Å²) in [4.78, 5) is 20.2. The van der Waals surface area contributed by atoms with Crippen LogP contribution in [0.4, 0.5) is 0 Å². The molecular formula is C27H35N3O5S. The van der Waals surface area contributed by atoms with Crippen molar-refractivity contribution in [2.75, 3.05) is 32.9 Å². The molecule has 1 amide bonds. The van der Waals surface area contributed by atoms with E-state index in [1.165, 1.54) is 0 Å². The lowest BCUT2D eigenvalue weighted by Crippen LogP contribution is -2.39. The van der Waals surface area contributed by atoms with E-state index in [1.807, 2.05) is 29.2 Å². The van der Waals surface area contributed by atoms with E-state index in [0.717, 1.165) is 69.4 Å². The van der Waals surface area contributed by atoms with Gasteiger partial charge in [0, 0.05) is 49.5 Å². The first-order valence-electron chi connectivity index (χ1n) is 13.0. The standard InChI is InChI=1S/C27H35N3O5S/c28-36(32,33)24-5-1-19(2-6-24)15-20-7-11-30(12-8-20)27(31)23-16-25(22-3-4-22)29-26(17-23)35-18-21-9-13-34-14-10-21/h1-2,5-6,16-17,20-22H,3-4,7-15,18H2,(H2,28,32,33). The molecule has 0 unspecified atom stereocenters. The predicted octanol–water partition coefficient (Wildman–Crippen LogP) is 3.51. The highest BCUT2D eigenvalue weighted by Crippen LogP contribution is 2.40. The summed E-state index contributed by atoms with van der Waals surface area (Å²) in [6, 6.07) is 10.6. The van der Waals surface area contributed by atoms with Crippen LogP contribution in [0, 0.1) is 11.8 Å². The Balaban J connectivity index is 1.18. The number of primary sulfonamides is 1. The Kier molecular flexibility index (Phi) is 7.60. The number of carbonyl (C=O) groups excluding carboxylic acids is 1. The van der Waals surface area contributed by atoms with Gasteiger partial charge in [-0.2, -0.15) is 0 Å². The number of ether oxygens (including phenoxy) is 2. The van der Waals surface area contributed by atoms with Crippen LogP contribution in [-0.4, -0.2) is 57.1 Å². The molecule has 1 aromatic heterocycles. The summed E-state index contributed by atoms with van der Waals surface area (Å²) in [7, 11) is -3.68. The maximum atomic E-state index is 13.4. The number of sulfonamides is 1. The van der Waals surface area contributed by atoms with E-state index < -0.39 is 10.0 Å². The number of hydrogen-bond acceptors (Lipinski definition) is 6. The van der Waals surface area contributed by atoms with Crippen LogP contribution in [0.5, 0.6) is 5.88 Å². The third-order valence-corrected chi connectivity index (χ3v) is 8.48. The van der Waals surface area contributed by atoms with E-state index in [-0.39, 0.29) is 10.8 Å². The van der Waals surface area contributed by atoms with Gasteiger partial charge in [-0.1, -0.05) is 12.1 Å². The fraction of sp³-hybridized carbons (Fsp3) is 0.556. The second kappa shape index (κ2) is 10.9. The smallest absolute Gasteiger partial charge is 0.254 e. The minimum Gasteiger partial charge on any atom is -0.477 e. The maximum Gasteiger partial charge on any atom is 0.254 e. The number of rotatable bonds is 8. The highest BCUT2D eigenvalue weighted by molar-refractivity contribution is 7.89. The minimum absolute atomic E-state index is 0.0474. The van der Waals surface area contributed by atoms with Crippen LogP contribution in [0.2, 0.25) is 0 Å². The molecule has 0 radical (unpaired) electrons. The average molecular weight is 514 g/mol. The lowest BCUT2D eigenvalue weighted by Gasteiger charge is -2.32. The minimum atomic E-state index is -3.68. The van der Waals surface area contributed by atoms with Gasteiger partial charge in [0.1, 0.15) is 0 Å². The van der Waals surface area contributed by atoms with E-state index >= 15 is 0 Å². The van der Waals surface area contributed by atoms with Crippen molar-refractivity contribution in [2.24, 2.45) is 17.0 Å². The SMILES string of the molecule is NS(=O)(=O)c1ccc(CC2CCN(C(=O)c3cc(OCC4CCOCC4)nc(C4CC4)c3)CC2)cc1. The number of pyridine rings is 1. The third kappa shape index (κ3) is 6.44. The number of piperidine rings is 1. The van der Waals surface area contributed by atoms with Gasteiger partial charge in [0.05, 0.1) is 11.5 Å². The van der Waals surface area contributed by atoms with Crippen LogP contribution >= 0.6 is 0 Å². The average Bonchev–Trinajstić information content (AvgIpc) is 3.74. The number of nitrogens with zero attached hydrogens (tertiary/aromatic N) is 2. The van der Waals surface area contributed by atoms with Crippen molar-refractivity contribution in [1.29, 1.82) is 0 Å². The number of aromatic nitrogens is 1. The Morgan fingerprint density at radius 3 is 2.33 bits per heavy atom. The zero-order valence-corrected chi connectivity index (χ0v) is 21.4. The van der Waals surface area contributed by atoms with Crippen molar-refractivity contribution in [3.8, 4) is 5.88 Å². The summed E-state index contributed by atoms with van der Waals surface area (Å²) in [6.45, 7) is 3.59. The van der Waals surface area contributed by atoms with Crippen LogP contribution in [-0.2, 0) is 21.2 Å². The summed E-state index contributed by atoms with van der Waals surface area (Å²) in [5, 5.41) is 5.19. The van der Waals surface area contributed by atoms with E-state index in [4.69, 9.17) is 19.6 Å². The van der Waals surface area contributed by atoms with E-state index in [1.54, 1.807) is 12.1 Å². The van der Waals surface area contributed by atoms with Crippen molar-refractivity contribution in [3.63, 3.8) is 0 Å². The lowest BCUT2D eigenvalue weighted by atomic mass is 9.90. The first kappa shape index (κ1) is 25.2. The van der Waals surface area contributed by atoms with E-state index in [9.17, 15) is 13.2 Å². The molecule has 3 fully saturated rings. The number of benzene rings is 1. The molecule has 0 bridgehead atoms. The predicted molar refractivity (Wildman–Crippen MR) is 135 cm³/mol. The molecule has 0 spiro atoms. The monoisotopic (exact) mass is 513 g/mol. The molecule has 0 atom stereocenters. The molecule has 194 valence electrons. The Morgan fingerprint density at radius 2 is 1.69 bits per heavy atom. The zero-order valence-electron chi connectivity index (χ0n) is 20.6. The highest BCUT2D eigenvalue weighted by Gasteiger charge is 2.29. The molecule has 36 heavy (non-hydrogen) atoms. The van der Waals surface area contributed by atoms with Crippen molar-refractivity contribution in [3.05, 3.63) is 53.2 Å². The molecule has 3 aliphatic rings. The van der Waals surface area contributed by atoms with Gasteiger partial charge in [-0.05, 0) is 80.5 Å². The summed E-state index contributed by atoms with van der Waals surface area (Å²) in [5.74, 6) is 1.97. The van der Waals surface area contributed by atoms with Crippen LogP contribution in [0.1, 0.15) is 66.1 Å². The summed E-state index contributed by atoms with van der Waals surface area (Å²) in [6.07, 6.45) is 6.92. The van der Waals surface area contributed by atoms with E-state index in [0.29, 0.717) is 48.9 Å². The molecule has 1 aliphatic carbocycles. The number of amides is 1. The van der Waals surface area contributed by atoms with Crippen molar-refractivity contribution >= 4 is 15.9 Å². The van der Waals surface area contributed by atoms with E-state index in [2.05, 4.69) is 0 Å². The molecular weight excluding hydrogens is 478 g/mol. The quantitative estimate of drug-likeness (QED) is 0.578. The molecule has 2 N–H and O–H groups in total. The van der Waals surface area contributed by atoms with Gasteiger partial charge in [-0.25, -0.2) is 18.5 Å². The molecule has 5 rings (SSSR count). The van der Waals surface area contributed by atoms with Gasteiger partial charge in [-0.3, -0.25) is 4.79 Å². The summed E-state index contributed by atoms with van der Waals surface area (Å²) < 4.78 is 34.4. The topological polar surface area (TPSA) is 112 Å². The Hall–Kier alpha value is -2.49. The lowest BCUT2D eigenvalue weighted by molar-refractivity contribution is 0.0489. The normalized spacial score (nSPS) is 19.9. The molecule has 1 saturated carbocycles. The van der Waals surface area contributed by atoms with Gasteiger partial charge in [0.25, 0.3) is 5.91 Å². The number of carbonyl (C=O) groups is 1. The molecule has 1 aromatic carbocycles. The molecule has 8 nitrogen and oxygen atoms in total. The zero-order chi connectivity index (χ0) is 25.1. The van der Waals surface area contributed by atoms with Crippen molar-refractivity contribution in [2.45, 2.75) is 55.8 Å². The Morgan fingerprint density at radius 1 is 1.00 bits per heavy atom. The molecule has 3 heterocycles.